The molecular weight excluding hydrogens is 228 g/mol. The molecule has 92 valence electrons. The lowest BCUT2D eigenvalue weighted by Gasteiger charge is -2.01. The highest BCUT2D eigenvalue weighted by atomic mass is 16.5. The van der Waals surface area contributed by atoms with Crippen molar-refractivity contribution in [3.05, 3.63) is 66.0 Å². The van der Waals surface area contributed by atoms with Gasteiger partial charge in [0.2, 0.25) is 0 Å². The maximum absolute atomic E-state index is 8.39. The first-order valence-electron chi connectivity index (χ1n) is 5.67. The number of nitrogens with zero attached hydrogens (tertiary/aromatic N) is 2. The normalized spacial score (nSPS) is 10.9. The Labute approximate surface area is 106 Å². The molecule has 1 aromatic carbocycles. The first-order valence-corrected chi connectivity index (χ1v) is 5.67. The molecule has 0 spiro atoms. The summed E-state index contributed by atoms with van der Waals surface area (Å²) in [6.07, 6.45) is 5.14. The fourth-order valence-corrected chi connectivity index (χ4v) is 1.55. The fourth-order valence-electron chi connectivity index (χ4n) is 1.55. The van der Waals surface area contributed by atoms with Gasteiger partial charge in [0.25, 0.3) is 6.73 Å². The Hall–Kier alpha value is -2.20. The molecule has 1 N–H and O–H groups in total. The molecule has 0 saturated heterocycles. The Morgan fingerprint density at radius 2 is 1.83 bits per heavy atom. The lowest BCUT2D eigenvalue weighted by Crippen LogP contribution is -2.34. The molecule has 2 aromatic rings. The van der Waals surface area contributed by atoms with Crippen molar-refractivity contribution in [3.8, 4) is 0 Å². The maximum Gasteiger partial charge on any atom is 0.252 e. The molecule has 0 fully saturated rings. The fraction of sp³-hybridized carbons (Fsp3) is 0.143. The van der Waals surface area contributed by atoms with E-state index in [-0.39, 0.29) is 0 Å². The third kappa shape index (κ3) is 3.68. The lowest BCUT2D eigenvalue weighted by molar-refractivity contribution is -0.733. The molecule has 4 nitrogen and oxygen atoms in total. The van der Waals surface area contributed by atoms with Crippen LogP contribution in [0.5, 0.6) is 0 Å². The van der Waals surface area contributed by atoms with Crippen LogP contribution in [-0.4, -0.2) is 11.4 Å². The van der Waals surface area contributed by atoms with Crippen LogP contribution in [0.25, 0.3) is 0 Å². The van der Waals surface area contributed by atoms with Crippen LogP contribution in [0, 0.1) is 0 Å². The number of hydrogen-bond acceptors (Lipinski definition) is 3. The number of pyridine rings is 1. The SMILES string of the molecule is ON=Cc1cc[n+](COCc2ccccc2)cc1. The van der Waals surface area contributed by atoms with E-state index in [0.29, 0.717) is 13.3 Å². The van der Waals surface area contributed by atoms with Gasteiger partial charge in [0.15, 0.2) is 12.4 Å². The Bertz CT molecular complexity index is 495. The predicted octanol–water partition coefficient (Wildman–Crippen LogP) is 1.96. The van der Waals surface area contributed by atoms with Gasteiger partial charge in [-0.2, -0.15) is 4.57 Å². The molecule has 0 bridgehead atoms. The molecule has 1 heterocycles. The van der Waals surface area contributed by atoms with Crippen molar-refractivity contribution in [1.29, 1.82) is 0 Å². The monoisotopic (exact) mass is 243 g/mol. The van der Waals surface area contributed by atoms with Crippen molar-refractivity contribution in [3.63, 3.8) is 0 Å². The van der Waals surface area contributed by atoms with Gasteiger partial charge in [-0.15, -0.1) is 0 Å². The highest BCUT2D eigenvalue weighted by Gasteiger charge is 2.00. The first kappa shape index (κ1) is 12.3. The van der Waals surface area contributed by atoms with Crippen LogP contribution in [0.15, 0.2) is 60.0 Å². The van der Waals surface area contributed by atoms with E-state index >= 15 is 0 Å². The van der Waals surface area contributed by atoms with E-state index in [1.165, 1.54) is 6.21 Å². The van der Waals surface area contributed by atoms with Crippen molar-refractivity contribution >= 4 is 6.21 Å². The smallest absolute Gasteiger partial charge is 0.252 e. The number of rotatable bonds is 5. The van der Waals surface area contributed by atoms with Crippen LogP contribution < -0.4 is 4.57 Å². The van der Waals surface area contributed by atoms with Crippen molar-refractivity contribution in [2.75, 3.05) is 0 Å². The topological polar surface area (TPSA) is 45.7 Å². The molecule has 0 aliphatic carbocycles. The summed E-state index contributed by atoms with van der Waals surface area (Å²) in [5.41, 5.74) is 2.00. The lowest BCUT2D eigenvalue weighted by atomic mass is 10.2. The van der Waals surface area contributed by atoms with E-state index in [1.807, 2.05) is 59.4 Å². The third-order valence-corrected chi connectivity index (χ3v) is 2.48. The van der Waals surface area contributed by atoms with Gasteiger partial charge in [-0.1, -0.05) is 35.5 Å². The Balaban J connectivity index is 1.83. The third-order valence-electron chi connectivity index (χ3n) is 2.48. The number of benzene rings is 1. The molecule has 18 heavy (non-hydrogen) atoms. The maximum atomic E-state index is 8.39. The molecule has 2 rings (SSSR count). The zero-order valence-corrected chi connectivity index (χ0v) is 9.94. The van der Waals surface area contributed by atoms with Gasteiger partial charge in [0.1, 0.15) is 0 Å². The van der Waals surface area contributed by atoms with Gasteiger partial charge >= 0.3 is 0 Å². The van der Waals surface area contributed by atoms with E-state index in [0.717, 1.165) is 11.1 Å². The number of oxime groups is 1. The highest BCUT2D eigenvalue weighted by Crippen LogP contribution is 2.00. The van der Waals surface area contributed by atoms with Gasteiger partial charge in [-0.25, -0.2) is 0 Å². The van der Waals surface area contributed by atoms with Crippen molar-refractivity contribution in [1.82, 2.24) is 0 Å². The summed E-state index contributed by atoms with van der Waals surface area (Å²) < 4.78 is 7.50. The molecule has 0 amide bonds. The Kier molecular flexibility index (Phi) is 4.44. The van der Waals surface area contributed by atoms with Gasteiger partial charge in [0.05, 0.1) is 12.8 Å². The quantitative estimate of drug-likeness (QED) is 0.377. The second-order valence-electron chi connectivity index (χ2n) is 3.85. The molecule has 0 aliphatic heterocycles. The average Bonchev–Trinajstić information content (AvgIpc) is 2.42. The molecule has 0 atom stereocenters. The number of hydrogen-bond donors (Lipinski definition) is 1. The first-order chi connectivity index (χ1) is 8.88. The Morgan fingerprint density at radius 3 is 2.50 bits per heavy atom. The van der Waals surface area contributed by atoms with E-state index < -0.39 is 0 Å². The summed E-state index contributed by atoms with van der Waals surface area (Å²) >= 11 is 0. The minimum atomic E-state index is 0.492. The second kappa shape index (κ2) is 6.51. The van der Waals surface area contributed by atoms with E-state index in [2.05, 4.69) is 5.16 Å². The van der Waals surface area contributed by atoms with Crippen molar-refractivity contribution < 1.29 is 14.5 Å². The summed E-state index contributed by atoms with van der Waals surface area (Å²) in [4.78, 5) is 0. The van der Waals surface area contributed by atoms with Crippen molar-refractivity contribution in [2.45, 2.75) is 13.3 Å². The van der Waals surface area contributed by atoms with Crippen LogP contribution >= 0.6 is 0 Å². The second-order valence-corrected chi connectivity index (χ2v) is 3.85. The number of ether oxygens (including phenoxy) is 1. The van der Waals surface area contributed by atoms with E-state index in [1.54, 1.807) is 0 Å². The molecule has 0 unspecified atom stereocenters. The van der Waals surface area contributed by atoms with Gasteiger partial charge in [-0.05, 0) is 5.56 Å². The zero-order chi connectivity index (χ0) is 12.6. The molecule has 4 heteroatoms. The minimum absolute atomic E-state index is 0.492. The molecular formula is C14H15N2O2+. The molecule has 1 aromatic heterocycles. The standard InChI is InChI=1S/C14H14N2O2/c17-15-10-13-6-8-16(9-7-13)12-18-11-14-4-2-1-3-5-14/h1-10H,11-12H2/p+1. The van der Waals surface area contributed by atoms with E-state index in [9.17, 15) is 0 Å². The minimum Gasteiger partial charge on any atom is -0.411 e. The van der Waals surface area contributed by atoms with Gasteiger partial charge in [0, 0.05) is 17.7 Å². The summed E-state index contributed by atoms with van der Waals surface area (Å²) in [6, 6.07) is 13.7. The predicted molar refractivity (Wildman–Crippen MR) is 67.2 cm³/mol. The summed E-state index contributed by atoms with van der Waals surface area (Å²) in [6.45, 7) is 1.08. The summed E-state index contributed by atoms with van der Waals surface area (Å²) in [5, 5.41) is 11.4. The van der Waals surface area contributed by atoms with Crippen LogP contribution in [0.3, 0.4) is 0 Å². The van der Waals surface area contributed by atoms with Gasteiger partial charge in [-0.3, -0.25) is 0 Å². The van der Waals surface area contributed by atoms with E-state index in [4.69, 9.17) is 9.94 Å². The largest absolute Gasteiger partial charge is 0.411 e. The zero-order valence-electron chi connectivity index (χ0n) is 9.94. The molecule has 0 saturated carbocycles. The van der Waals surface area contributed by atoms with Crippen LogP contribution in [0.1, 0.15) is 11.1 Å². The average molecular weight is 243 g/mol. The van der Waals surface area contributed by atoms with Crippen LogP contribution in [-0.2, 0) is 18.1 Å². The van der Waals surface area contributed by atoms with Crippen LogP contribution in [0.4, 0.5) is 0 Å². The summed E-state index contributed by atoms with van der Waals surface area (Å²) in [7, 11) is 0. The summed E-state index contributed by atoms with van der Waals surface area (Å²) in [5.74, 6) is 0. The van der Waals surface area contributed by atoms with Gasteiger partial charge < -0.3 is 9.94 Å². The molecule has 0 aliphatic rings. The van der Waals surface area contributed by atoms with Crippen LogP contribution in [0.2, 0.25) is 0 Å². The highest BCUT2D eigenvalue weighted by molar-refractivity contribution is 5.78. The number of aromatic nitrogens is 1. The van der Waals surface area contributed by atoms with Crippen molar-refractivity contribution in [2.24, 2.45) is 5.16 Å². The Morgan fingerprint density at radius 1 is 1.11 bits per heavy atom. The molecule has 0 radical (unpaired) electrons.